The van der Waals surface area contributed by atoms with E-state index in [1.807, 2.05) is 0 Å². The number of ether oxygens (including phenoxy) is 3. The fourth-order valence-corrected chi connectivity index (χ4v) is 3.19. The van der Waals surface area contributed by atoms with Gasteiger partial charge in [0.1, 0.15) is 11.4 Å². The Morgan fingerprint density at radius 2 is 1.61 bits per heavy atom. The molecule has 3 rings (SSSR count). The van der Waals surface area contributed by atoms with Crippen molar-refractivity contribution in [2.75, 3.05) is 18.1 Å². The van der Waals surface area contributed by atoms with Crippen molar-refractivity contribution in [1.29, 1.82) is 0 Å². The highest BCUT2D eigenvalue weighted by Crippen LogP contribution is 2.30. The van der Waals surface area contributed by atoms with Gasteiger partial charge in [-0.3, -0.25) is 9.59 Å². The lowest BCUT2D eigenvalue weighted by molar-refractivity contribution is 0.0952. The number of rotatable bonds is 5. The third kappa shape index (κ3) is 4.69. The minimum atomic E-state index is -1.13. The Balaban J connectivity index is 2.28. The normalized spacial score (nSPS) is 10.5. The van der Waals surface area contributed by atoms with Crippen LogP contribution >= 0.6 is 0 Å². The molecule has 0 saturated carbocycles. The summed E-state index contributed by atoms with van der Waals surface area (Å²) >= 11 is 0. The van der Waals surface area contributed by atoms with Crippen molar-refractivity contribution in [3.8, 4) is 5.75 Å². The predicted molar refractivity (Wildman–Crippen MR) is 117 cm³/mol. The van der Waals surface area contributed by atoms with Crippen LogP contribution in [0.5, 0.6) is 5.75 Å². The zero-order chi connectivity index (χ0) is 24.1. The van der Waals surface area contributed by atoms with E-state index in [1.54, 1.807) is 31.2 Å². The fourth-order valence-electron chi connectivity index (χ4n) is 3.19. The SMILES string of the molecule is CCOC(=O)Oc1c(C(=O)N(C(=O)OCC)c2ccc(F)cc2)c(=O)n(C)c2ccccc12. The van der Waals surface area contributed by atoms with Crippen LogP contribution in [0.25, 0.3) is 10.9 Å². The second kappa shape index (κ2) is 9.94. The third-order valence-electron chi connectivity index (χ3n) is 4.66. The van der Waals surface area contributed by atoms with Crippen LogP contribution < -0.4 is 15.2 Å². The van der Waals surface area contributed by atoms with E-state index in [-0.39, 0.29) is 30.0 Å². The van der Waals surface area contributed by atoms with Crippen LogP contribution in [0, 0.1) is 5.82 Å². The van der Waals surface area contributed by atoms with Gasteiger partial charge in [-0.05, 0) is 50.2 Å². The molecule has 0 fully saturated rings. The van der Waals surface area contributed by atoms with Gasteiger partial charge in [-0.2, -0.15) is 0 Å². The summed E-state index contributed by atoms with van der Waals surface area (Å²) in [6.07, 6.45) is -2.22. The van der Waals surface area contributed by atoms with Crippen LogP contribution in [0.3, 0.4) is 0 Å². The van der Waals surface area contributed by atoms with Gasteiger partial charge in [0.2, 0.25) is 0 Å². The Morgan fingerprint density at radius 3 is 2.24 bits per heavy atom. The van der Waals surface area contributed by atoms with E-state index in [9.17, 15) is 23.6 Å². The van der Waals surface area contributed by atoms with Gasteiger partial charge in [0.15, 0.2) is 5.75 Å². The lowest BCUT2D eigenvalue weighted by atomic mass is 10.1. The molecule has 1 aromatic heterocycles. The molecule has 172 valence electrons. The highest BCUT2D eigenvalue weighted by Gasteiger charge is 2.33. The van der Waals surface area contributed by atoms with Gasteiger partial charge in [-0.1, -0.05) is 12.1 Å². The molecule has 1 heterocycles. The summed E-state index contributed by atoms with van der Waals surface area (Å²) in [5.41, 5.74) is -1.09. The predicted octanol–water partition coefficient (Wildman–Crippen LogP) is 4.02. The molecule has 0 atom stereocenters. The van der Waals surface area contributed by atoms with Gasteiger partial charge in [-0.15, -0.1) is 0 Å². The van der Waals surface area contributed by atoms with E-state index in [4.69, 9.17) is 14.2 Å². The van der Waals surface area contributed by atoms with Crippen LogP contribution in [0.1, 0.15) is 24.2 Å². The summed E-state index contributed by atoms with van der Waals surface area (Å²) in [4.78, 5) is 52.2. The molecule has 10 heteroatoms. The summed E-state index contributed by atoms with van der Waals surface area (Å²) in [7, 11) is 1.43. The zero-order valence-electron chi connectivity index (χ0n) is 18.2. The first-order chi connectivity index (χ1) is 15.8. The topological polar surface area (TPSA) is 104 Å². The lowest BCUT2D eigenvalue weighted by Crippen LogP contribution is -2.41. The highest BCUT2D eigenvalue weighted by atomic mass is 19.1. The van der Waals surface area contributed by atoms with E-state index >= 15 is 0 Å². The molecule has 0 aliphatic carbocycles. The molecule has 0 bridgehead atoms. The molecular weight excluding hydrogens is 435 g/mol. The van der Waals surface area contributed by atoms with Crippen LogP contribution in [0.2, 0.25) is 0 Å². The van der Waals surface area contributed by atoms with Crippen molar-refractivity contribution in [1.82, 2.24) is 4.57 Å². The summed E-state index contributed by atoms with van der Waals surface area (Å²) < 4.78 is 29.7. The van der Waals surface area contributed by atoms with E-state index < -0.39 is 35.1 Å². The summed E-state index contributed by atoms with van der Waals surface area (Å²) in [6.45, 7) is 3.03. The first kappa shape index (κ1) is 23.5. The maximum Gasteiger partial charge on any atom is 0.513 e. The standard InChI is InChI=1S/C23H21FN2O7/c1-4-31-22(29)26(15-12-10-14(24)11-13-15)21(28)18-19(33-23(30)32-5-2)16-8-6-7-9-17(16)25(3)20(18)27/h6-13H,4-5H2,1-3H3. The van der Waals surface area contributed by atoms with Gasteiger partial charge in [-0.25, -0.2) is 18.9 Å². The number of aromatic nitrogens is 1. The van der Waals surface area contributed by atoms with E-state index in [2.05, 4.69) is 0 Å². The second-order valence-corrected chi connectivity index (χ2v) is 6.69. The molecule has 0 aliphatic heterocycles. The van der Waals surface area contributed by atoms with Gasteiger partial charge in [0.05, 0.1) is 24.4 Å². The van der Waals surface area contributed by atoms with E-state index in [1.165, 1.54) is 30.7 Å². The number of amides is 2. The number of carbonyl (C=O) groups excluding carboxylic acids is 3. The number of anilines is 1. The number of carbonyl (C=O) groups is 3. The van der Waals surface area contributed by atoms with Crippen molar-refractivity contribution in [2.24, 2.45) is 7.05 Å². The van der Waals surface area contributed by atoms with Gasteiger partial charge >= 0.3 is 12.2 Å². The minimum Gasteiger partial charge on any atom is -0.449 e. The van der Waals surface area contributed by atoms with E-state index in [0.29, 0.717) is 10.4 Å². The van der Waals surface area contributed by atoms with Crippen LogP contribution in [0.15, 0.2) is 53.3 Å². The van der Waals surface area contributed by atoms with Crippen LogP contribution in [0.4, 0.5) is 19.7 Å². The third-order valence-corrected chi connectivity index (χ3v) is 4.66. The number of hydrogen-bond donors (Lipinski definition) is 0. The molecule has 0 N–H and O–H groups in total. The molecule has 2 aromatic carbocycles. The van der Waals surface area contributed by atoms with Crippen LogP contribution in [-0.2, 0) is 16.5 Å². The van der Waals surface area contributed by atoms with Gasteiger partial charge in [0.25, 0.3) is 11.5 Å². The first-order valence-corrected chi connectivity index (χ1v) is 10.0. The summed E-state index contributed by atoms with van der Waals surface area (Å²) in [5.74, 6) is -2.08. The van der Waals surface area contributed by atoms with Crippen molar-refractivity contribution < 1.29 is 33.0 Å². The Bertz CT molecular complexity index is 1270. The van der Waals surface area contributed by atoms with Crippen molar-refractivity contribution in [3.05, 3.63) is 70.3 Å². The number of hydrogen-bond acceptors (Lipinski definition) is 7. The van der Waals surface area contributed by atoms with Crippen molar-refractivity contribution in [3.63, 3.8) is 0 Å². The van der Waals surface area contributed by atoms with Gasteiger partial charge in [0, 0.05) is 12.4 Å². The molecule has 0 unspecified atom stereocenters. The molecule has 0 spiro atoms. The molecule has 0 aliphatic rings. The zero-order valence-corrected chi connectivity index (χ0v) is 18.2. The molecule has 33 heavy (non-hydrogen) atoms. The van der Waals surface area contributed by atoms with Gasteiger partial charge < -0.3 is 18.8 Å². The van der Waals surface area contributed by atoms with E-state index in [0.717, 1.165) is 12.1 Å². The molecule has 9 nitrogen and oxygen atoms in total. The average molecular weight is 456 g/mol. The Morgan fingerprint density at radius 1 is 0.970 bits per heavy atom. The summed E-state index contributed by atoms with van der Waals surface area (Å²) in [5, 5.41) is 0.263. The largest absolute Gasteiger partial charge is 0.513 e. The Labute approximate surface area is 187 Å². The number of aryl methyl sites for hydroxylation is 1. The molecule has 2 amide bonds. The molecular formula is C23H21FN2O7. The quantitative estimate of drug-likeness (QED) is 0.534. The smallest absolute Gasteiger partial charge is 0.449 e. The number of imide groups is 1. The first-order valence-electron chi connectivity index (χ1n) is 10.0. The number of nitrogens with zero attached hydrogens (tertiary/aromatic N) is 2. The van der Waals surface area contributed by atoms with Crippen molar-refractivity contribution in [2.45, 2.75) is 13.8 Å². The lowest BCUT2D eigenvalue weighted by Gasteiger charge is -2.22. The summed E-state index contributed by atoms with van der Waals surface area (Å²) in [6, 6.07) is 10.9. The minimum absolute atomic E-state index is 0.00454. The molecule has 0 saturated heterocycles. The number of para-hydroxylation sites is 1. The molecule has 0 radical (unpaired) electrons. The number of fused-ring (bicyclic) bond motifs is 1. The second-order valence-electron chi connectivity index (χ2n) is 6.69. The average Bonchev–Trinajstić information content (AvgIpc) is 2.79. The number of pyridine rings is 1. The Kier molecular flexibility index (Phi) is 7.07. The van der Waals surface area contributed by atoms with Crippen LogP contribution in [-0.4, -0.2) is 35.9 Å². The monoisotopic (exact) mass is 456 g/mol. The number of halogens is 1. The fraction of sp³-hybridized carbons (Fsp3) is 0.217. The highest BCUT2D eigenvalue weighted by molar-refractivity contribution is 6.21. The number of benzene rings is 2. The molecule has 3 aromatic rings. The Hall–Kier alpha value is -4.21. The maximum absolute atomic E-state index is 13.6. The maximum atomic E-state index is 13.6. The van der Waals surface area contributed by atoms with Crippen molar-refractivity contribution >= 4 is 34.7 Å².